The number of unbranched alkanes of at least 4 members (excludes halogenated alkanes) is 1. The number of allylic oxidation sites excluding steroid dienone is 2. The summed E-state index contributed by atoms with van der Waals surface area (Å²) in [5, 5.41) is 20.5. The van der Waals surface area contributed by atoms with Crippen LogP contribution in [0.25, 0.3) is 0 Å². The van der Waals surface area contributed by atoms with E-state index >= 15 is 8.78 Å². The van der Waals surface area contributed by atoms with Crippen LogP contribution in [0.5, 0.6) is 0 Å². The molecule has 0 radical (unpaired) electrons. The molecule has 2 fully saturated rings. The fourth-order valence-electron chi connectivity index (χ4n) is 4.65. The smallest absolute Gasteiger partial charge is 0.310 e. The van der Waals surface area contributed by atoms with E-state index in [1.54, 1.807) is 0 Å². The Hall–Kier alpha value is -1.47. The highest BCUT2D eigenvalue weighted by molar-refractivity contribution is 5.69. The van der Waals surface area contributed by atoms with Gasteiger partial charge in [0, 0.05) is 18.8 Å². The SMILES string of the molecule is C=C[C@@H](O)C[C@@H](CCC)[C@@H]1[C@@H]2[C@H](C[C@H]1O)OC(=CCCCC(=O)OC)C2(F)F. The molecule has 0 aromatic heterocycles. The van der Waals surface area contributed by atoms with Gasteiger partial charge in [-0.25, -0.2) is 0 Å². The highest BCUT2D eigenvalue weighted by Crippen LogP contribution is 2.56. The molecule has 160 valence electrons. The van der Waals surface area contributed by atoms with Crippen LogP contribution in [-0.4, -0.2) is 47.5 Å². The maximum Gasteiger partial charge on any atom is 0.310 e. The Balaban J connectivity index is 2.14. The zero-order chi connectivity index (χ0) is 20.9. The molecule has 2 N–H and O–H groups in total. The lowest BCUT2D eigenvalue weighted by Gasteiger charge is -2.33. The summed E-state index contributed by atoms with van der Waals surface area (Å²) in [5.74, 6) is -5.90. The molecule has 0 unspecified atom stereocenters. The quantitative estimate of drug-likeness (QED) is 0.332. The molecule has 1 aliphatic heterocycles. The zero-order valence-electron chi connectivity index (χ0n) is 16.7. The van der Waals surface area contributed by atoms with Crippen molar-refractivity contribution in [1.82, 2.24) is 0 Å². The first kappa shape index (κ1) is 22.8. The summed E-state index contributed by atoms with van der Waals surface area (Å²) in [6.45, 7) is 5.52. The summed E-state index contributed by atoms with van der Waals surface area (Å²) >= 11 is 0. The number of carbonyl (C=O) groups excluding carboxylic acids is 1. The van der Waals surface area contributed by atoms with E-state index in [9.17, 15) is 15.0 Å². The molecule has 0 amide bonds. The summed E-state index contributed by atoms with van der Waals surface area (Å²) in [4.78, 5) is 11.1. The van der Waals surface area contributed by atoms with Crippen molar-refractivity contribution in [3.05, 3.63) is 24.5 Å². The van der Waals surface area contributed by atoms with E-state index in [0.717, 1.165) is 6.42 Å². The molecule has 7 heteroatoms. The van der Waals surface area contributed by atoms with Gasteiger partial charge < -0.3 is 19.7 Å². The number of carbonyl (C=O) groups is 1. The second kappa shape index (κ2) is 9.83. The van der Waals surface area contributed by atoms with E-state index in [4.69, 9.17) is 4.74 Å². The Labute approximate surface area is 165 Å². The summed E-state index contributed by atoms with van der Waals surface area (Å²) in [7, 11) is 1.29. The second-order valence-corrected chi connectivity index (χ2v) is 7.81. The monoisotopic (exact) mass is 402 g/mol. The van der Waals surface area contributed by atoms with E-state index in [0.29, 0.717) is 25.7 Å². The molecule has 1 saturated carbocycles. The summed E-state index contributed by atoms with van der Waals surface area (Å²) in [5.41, 5.74) is 0. The minimum absolute atomic E-state index is 0.162. The van der Waals surface area contributed by atoms with Crippen LogP contribution in [0.15, 0.2) is 24.5 Å². The van der Waals surface area contributed by atoms with Crippen molar-refractivity contribution in [3.63, 3.8) is 0 Å². The van der Waals surface area contributed by atoms with Gasteiger partial charge in [0.2, 0.25) is 0 Å². The first-order valence-corrected chi connectivity index (χ1v) is 10.1. The first-order chi connectivity index (χ1) is 13.3. The van der Waals surface area contributed by atoms with Crippen LogP contribution < -0.4 is 0 Å². The van der Waals surface area contributed by atoms with E-state index in [1.165, 1.54) is 19.3 Å². The van der Waals surface area contributed by atoms with Crippen LogP contribution >= 0.6 is 0 Å². The number of fused-ring (bicyclic) bond motifs is 1. The molecular formula is C21H32F2O5. The molecule has 0 bridgehead atoms. The average Bonchev–Trinajstić information content (AvgIpc) is 3.10. The summed E-state index contributed by atoms with van der Waals surface area (Å²) in [6.07, 6.45) is 3.10. The molecule has 0 aromatic rings. The molecule has 0 aromatic carbocycles. The molecule has 6 atom stereocenters. The van der Waals surface area contributed by atoms with Crippen LogP contribution in [0, 0.1) is 17.8 Å². The predicted octanol–water partition coefficient (Wildman–Crippen LogP) is 3.60. The molecule has 28 heavy (non-hydrogen) atoms. The maximum atomic E-state index is 15.2. The van der Waals surface area contributed by atoms with Gasteiger partial charge in [0.1, 0.15) is 6.10 Å². The minimum atomic E-state index is -3.18. The number of alkyl halides is 2. The van der Waals surface area contributed by atoms with Gasteiger partial charge in [-0.3, -0.25) is 4.79 Å². The second-order valence-electron chi connectivity index (χ2n) is 7.81. The molecule has 2 aliphatic rings. The van der Waals surface area contributed by atoms with Crippen molar-refractivity contribution >= 4 is 5.97 Å². The summed E-state index contributed by atoms with van der Waals surface area (Å²) in [6, 6.07) is 0. The van der Waals surface area contributed by atoms with Crippen LogP contribution in [-0.2, 0) is 14.3 Å². The molecule has 1 saturated heterocycles. The zero-order valence-corrected chi connectivity index (χ0v) is 16.7. The predicted molar refractivity (Wildman–Crippen MR) is 101 cm³/mol. The van der Waals surface area contributed by atoms with Gasteiger partial charge in [0.25, 0.3) is 0 Å². The molecule has 1 heterocycles. The number of aliphatic hydroxyl groups is 2. The Kier molecular flexibility index (Phi) is 8.01. The Bertz CT molecular complexity index is 577. The molecule has 2 rings (SSSR count). The number of aliphatic hydroxyl groups excluding tert-OH is 2. The largest absolute Gasteiger partial charge is 0.488 e. The lowest BCUT2D eigenvalue weighted by atomic mass is 9.75. The third-order valence-corrected chi connectivity index (χ3v) is 5.92. The number of esters is 1. The van der Waals surface area contributed by atoms with Gasteiger partial charge in [-0.15, -0.1) is 6.58 Å². The van der Waals surface area contributed by atoms with Crippen LogP contribution in [0.2, 0.25) is 0 Å². The number of ether oxygens (including phenoxy) is 2. The summed E-state index contributed by atoms with van der Waals surface area (Å²) < 4.78 is 40.5. The number of hydrogen-bond donors (Lipinski definition) is 2. The first-order valence-electron chi connectivity index (χ1n) is 10.1. The lowest BCUT2D eigenvalue weighted by molar-refractivity contribution is -0.140. The van der Waals surface area contributed by atoms with Gasteiger partial charge in [0.05, 0.1) is 25.2 Å². The van der Waals surface area contributed by atoms with E-state index in [2.05, 4.69) is 11.3 Å². The third kappa shape index (κ3) is 4.92. The average molecular weight is 402 g/mol. The highest BCUT2D eigenvalue weighted by atomic mass is 19.3. The number of rotatable bonds is 10. The van der Waals surface area contributed by atoms with Crippen LogP contribution in [0.3, 0.4) is 0 Å². The molecule has 0 spiro atoms. The fraction of sp³-hybridized carbons (Fsp3) is 0.762. The van der Waals surface area contributed by atoms with Crippen molar-refractivity contribution in [1.29, 1.82) is 0 Å². The van der Waals surface area contributed by atoms with Gasteiger partial charge in [-0.1, -0.05) is 25.8 Å². The Morgan fingerprint density at radius 2 is 2.21 bits per heavy atom. The van der Waals surface area contributed by atoms with E-state index < -0.39 is 36.1 Å². The van der Waals surface area contributed by atoms with Crippen LogP contribution in [0.4, 0.5) is 8.78 Å². The fourth-order valence-corrected chi connectivity index (χ4v) is 4.65. The van der Waals surface area contributed by atoms with Gasteiger partial charge in [-0.05, 0) is 31.3 Å². The van der Waals surface area contributed by atoms with Crippen molar-refractivity contribution < 1.29 is 33.3 Å². The van der Waals surface area contributed by atoms with Gasteiger partial charge in [0.15, 0.2) is 5.76 Å². The van der Waals surface area contributed by atoms with Crippen molar-refractivity contribution in [2.75, 3.05) is 7.11 Å². The lowest BCUT2D eigenvalue weighted by Crippen LogP contribution is -2.39. The Morgan fingerprint density at radius 1 is 1.50 bits per heavy atom. The Morgan fingerprint density at radius 3 is 2.82 bits per heavy atom. The standard InChI is InChI=1S/C21H32F2O5/c1-4-8-13(11-14(24)5-2)19-15(25)12-16-20(19)21(22,23)17(28-16)9-6-7-10-18(26)27-3/h5,9,13-16,19-20,24-25H,2,4,6-8,10-12H2,1,3H3/t13-,14-,15-,16+,19+,20+/m1/s1. The number of halogens is 2. The normalized spacial score (nSPS) is 31.9. The number of methoxy groups -OCH3 is 1. The van der Waals surface area contributed by atoms with Gasteiger partial charge >= 0.3 is 11.9 Å². The third-order valence-electron chi connectivity index (χ3n) is 5.92. The van der Waals surface area contributed by atoms with E-state index in [1.807, 2.05) is 6.92 Å². The molecule has 5 nitrogen and oxygen atoms in total. The highest BCUT2D eigenvalue weighted by Gasteiger charge is 2.65. The van der Waals surface area contributed by atoms with E-state index in [-0.39, 0.29) is 30.5 Å². The minimum Gasteiger partial charge on any atom is -0.488 e. The van der Waals surface area contributed by atoms with Crippen molar-refractivity contribution in [2.24, 2.45) is 17.8 Å². The maximum absolute atomic E-state index is 15.2. The van der Waals surface area contributed by atoms with Crippen molar-refractivity contribution in [2.45, 2.75) is 76.1 Å². The topological polar surface area (TPSA) is 76.0 Å². The molecular weight excluding hydrogens is 370 g/mol. The number of hydrogen-bond acceptors (Lipinski definition) is 5. The van der Waals surface area contributed by atoms with Crippen LogP contribution in [0.1, 0.15) is 51.9 Å². The van der Waals surface area contributed by atoms with Crippen molar-refractivity contribution in [3.8, 4) is 0 Å². The van der Waals surface area contributed by atoms with Gasteiger partial charge in [-0.2, -0.15) is 8.78 Å². The molecule has 1 aliphatic carbocycles.